The molecule has 2 unspecified atom stereocenters. The quantitative estimate of drug-likeness (QED) is 0.658. The Kier molecular flexibility index (Phi) is 3.40. The molecule has 1 nitrogen and oxygen atoms in total. The van der Waals surface area contributed by atoms with Gasteiger partial charge in [0.15, 0.2) is 0 Å². The molecule has 0 spiro atoms. The molecule has 2 atom stereocenters. The third-order valence-corrected chi connectivity index (χ3v) is 3.37. The van der Waals surface area contributed by atoms with Gasteiger partial charge in [0.25, 0.3) is 0 Å². The SMILES string of the molecule is CC1=CC(O)C(C(C)(C)C)C=C1C(C)(C)C. The number of hydrogen-bond acceptors (Lipinski definition) is 1. The van der Waals surface area contributed by atoms with Gasteiger partial charge in [-0.3, -0.25) is 0 Å². The number of aliphatic hydroxyl groups excluding tert-OH is 1. The number of aliphatic hydroxyl groups is 1. The largest absolute Gasteiger partial charge is 0.388 e. The molecule has 0 heterocycles. The van der Waals surface area contributed by atoms with E-state index in [-0.39, 0.29) is 22.9 Å². The predicted octanol–water partition coefficient (Wildman–Crippen LogP) is 3.94. The highest BCUT2D eigenvalue weighted by molar-refractivity contribution is 5.39. The Hall–Kier alpha value is -0.560. The van der Waals surface area contributed by atoms with E-state index in [1.54, 1.807) is 0 Å². The van der Waals surface area contributed by atoms with Crippen molar-refractivity contribution in [1.82, 2.24) is 0 Å². The second-order valence-electron chi connectivity index (χ2n) is 7.06. The van der Waals surface area contributed by atoms with Crippen molar-refractivity contribution in [1.29, 1.82) is 0 Å². The first-order valence-corrected chi connectivity index (χ1v) is 6.12. The summed E-state index contributed by atoms with van der Waals surface area (Å²) < 4.78 is 0. The minimum Gasteiger partial charge on any atom is -0.388 e. The van der Waals surface area contributed by atoms with Crippen molar-refractivity contribution >= 4 is 0 Å². The lowest BCUT2D eigenvalue weighted by Crippen LogP contribution is -2.33. The molecule has 0 fully saturated rings. The van der Waals surface area contributed by atoms with Gasteiger partial charge in [-0.05, 0) is 28.9 Å². The maximum atomic E-state index is 10.1. The van der Waals surface area contributed by atoms with Crippen LogP contribution in [0.1, 0.15) is 48.5 Å². The minimum absolute atomic E-state index is 0.104. The lowest BCUT2D eigenvalue weighted by molar-refractivity contribution is 0.104. The summed E-state index contributed by atoms with van der Waals surface area (Å²) in [4.78, 5) is 0. The fourth-order valence-corrected chi connectivity index (χ4v) is 2.46. The Morgan fingerprint density at radius 3 is 1.88 bits per heavy atom. The van der Waals surface area contributed by atoms with Gasteiger partial charge >= 0.3 is 0 Å². The van der Waals surface area contributed by atoms with Crippen molar-refractivity contribution in [2.45, 2.75) is 54.6 Å². The third-order valence-electron chi connectivity index (χ3n) is 3.37. The van der Waals surface area contributed by atoms with Gasteiger partial charge < -0.3 is 5.11 Å². The van der Waals surface area contributed by atoms with Gasteiger partial charge in [0.1, 0.15) is 0 Å². The van der Waals surface area contributed by atoms with Gasteiger partial charge in [-0.2, -0.15) is 0 Å². The summed E-state index contributed by atoms with van der Waals surface area (Å²) in [6.07, 6.45) is 3.95. The Labute approximate surface area is 100 Å². The van der Waals surface area contributed by atoms with Crippen LogP contribution in [0.3, 0.4) is 0 Å². The molecule has 1 rings (SSSR count). The van der Waals surface area contributed by atoms with E-state index in [0.717, 1.165) is 0 Å². The highest BCUT2D eigenvalue weighted by atomic mass is 16.3. The van der Waals surface area contributed by atoms with Crippen LogP contribution >= 0.6 is 0 Å². The Morgan fingerprint density at radius 1 is 1.00 bits per heavy atom. The van der Waals surface area contributed by atoms with Crippen molar-refractivity contribution in [3.63, 3.8) is 0 Å². The zero-order chi connectivity index (χ0) is 12.7. The van der Waals surface area contributed by atoms with Crippen LogP contribution in [-0.2, 0) is 0 Å². The topological polar surface area (TPSA) is 20.2 Å². The summed E-state index contributed by atoms with van der Waals surface area (Å²) in [5.41, 5.74) is 2.86. The Morgan fingerprint density at radius 2 is 1.50 bits per heavy atom. The van der Waals surface area contributed by atoms with Gasteiger partial charge in [0.2, 0.25) is 0 Å². The van der Waals surface area contributed by atoms with Crippen LogP contribution in [0, 0.1) is 16.7 Å². The molecule has 0 bridgehead atoms. The molecule has 92 valence electrons. The lowest BCUT2D eigenvalue weighted by Gasteiger charge is -2.38. The molecule has 0 saturated carbocycles. The van der Waals surface area contributed by atoms with Crippen molar-refractivity contribution in [3.05, 3.63) is 23.3 Å². The second kappa shape index (κ2) is 4.03. The summed E-state index contributed by atoms with van der Waals surface area (Å²) in [7, 11) is 0. The molecular formula is C15H26O. The molecule has 0 radical (unpaired) electrons. The van der Waals surface area contributed by atoms with E-state index < -0.39 is 0 Å². The van der Waals surface area contributed by atoms with Crippen LogP contribution in [-0.4, -0.2) is 11.2 Å². The van der Waals surface area contributed by atoms with Gasteiger partial charge in [0.05, 0.1) is 6.10 Å². The van der Waals surface area contributed by atoms with Crippen LogP contribution < -0.4 is 0 Å². The lowest BCUT2D eigenvalue weighted by atomic mass is 9.69. The normalized spacial score (nSPS) is 27.5. The zero-order valence-electron chi connectivity index (χ0n) is 11.8. The third kappa shape index (κ3) is 2.76. The molecule has 0 aromatic rings. The molecule has 1 heteroatoms. The first-order valence-electron chi connectivity index (χ1n) is 6.12. The van der Waals surface area contributed by atoms with E-state index in [1.807, 2.05) is 6.08 Å². The highest BCUT2D eigenvalue weighted by Gasteiger charge is 2.33. The Bertz CT molecular complexity index is 320. The van der Waals surface area contributed by atoms with Crippen molar-refractivity contribution in [3.8, 4) is 0 Å². The molecule has 0 aromatic heterocycles. The predicted molar refractivity (Wildman–Crippen MR) is 70.2 cm³/mol. The summed E-state index contributed by atoms with van der Waals surface area (Å²) in [5.74, 6) is 0.213. The molecule has 1 aliphatic rings. The summed E-state index contributed by atoms with van der Waals surface area (Å²) in [6.45, 7) is 15.3. The van der Waals surface area contributed by atoms with E-state index >= 15 is 0 Å². The summed E-state index contributed by atoms with van der Waals surface area (Å²) in [6, 6.07) is 0. The van der Waals surface area contributed by atoms with E-state index in [2.05, 4.69) is 54.5 Å². The number of allylic oxidation sites excluding steroid dienone is 2. The molecule has 0 amide bonds. The van der Waals surface area contributed by atoms with Crippen molar-refractivity contribution in [2.24, 2.45) is 16.7 Å². The Balaban J connectivity index is 3.15. The van der Waals surface area contributed by atoms with Crippen LogP contribution in [0.5, 0.6) is 0 Å². The van der Waals surface area contributed by atoms with E-state index in [0.29, 0.717) is 0 Å². The van der Waals surface area contributed by atoms with Crippen LogP contribution in [0.15, 0.2) is 23.3 Å². The molecule has 1 N–H and O–H groups in total. The maximum absolute atomic E-state index is 10.1. The molecule has 0 saturated heterocycles. The molecule has 0 aliphatic heterocycles. The first-order chi connectivity index (χ1) is 7.03. The van der Waals surface area contributed by atoms with E-state index in [9.17, 15) is 5.11 Å². The van der Waals surface area contributed by atoms with Gasteiger partial charge in [0, 0.05) is 5.92 Å². The number of rotatable bonds is 0. The zero-order valence-corrected chi connectivity index (χ0v) is 11.8. The molecule has 1 aliphatic carbocycles. The summed E-state index contributed by atoms with van der Waals surface area (Å²) in [5, 5.41) is 10.1. The van der Waals surface area contributed by atoms with Gasteiger partial charge in [-0.25, -0.2) is 0 Å². The fraction of sp³-hybridized carbons (Fsp3) is 0.733. The van der Waals surface area contributed by atoms with Crippen LogP contribution in [0.25, 0.3) is 0 Å². The smallest absolute Gasteiger partial charge is 0.0794 e. The monoisotopic (exact) mass is 222 g/mol. The van der Waals surface area contributed by atoms with Crippen molar-refractivity contribution < 1.29 is 5.11 Å². The molecule has 0 aromatic carbocycles. The second-order valence-corrected chi connectivity index (χ2v) is 7.06. The standard InChI is InChI=1S/C15H26O/c1-10-8-13(16)12(15(5,6)7)9-11(10)14(2,3)4/h8-9,12-13,16H,1-7H3. The first kappa shape index (κ1) is 13.5. The van der Waals surface area contributed by atoms with E-state index in [4.69, 9.17) is 0 Å². The van der Waals surface area contributed by atoms with Crippen LogP contribution in [0.4, 0.5) is 0 Å². The maximum Gasteiger partial charge on any atom is 0.0794 e. The number of hydrogen-bond donors (Lipinski definition) is 1. The van der Waals surface area contributed by atoms with Crippen molar-refractivity contribution in [2.75, 3.05) is 0 Å². The average molecular weight is 222 g/mol. The van der Waals surface area contributed by atoms with Gasteiger partial charge in [-0.15, -0.1) is 0 Å². The fourth-order valence-electron chi connectivity index (χ4n) is 2.46. The van der Waals surface area contributed by atoms with Crippen LogP contribution in [0.2, 0.25) is 0 Å². The molecule has 16 heavy (non-hydrogen) atoms. The van der Waals surface area contributed by atoms with Gasteiger partial charge in [-0.1, -0.05) is 53.7 Å². The average Bonchev–Trinajstić information content (AvgIpc) is 1.97. The van der Waals surface area contributed by atoms with E-state index in [1.165, 1.54) is 11.1 Å². The minimum atomic E-state index is -0.342. The summed E-state index contributed by atoms with van der Waals surface area (Å²) >= 11 is 0. The highest BCUT2D eigenvalue weighted by Crippen LogP contribution is 2.41. The molecular weight excluding hydrogens is 196 g/mol.